The van der Waals surface area contributed by atoms with E-state index in [1.807, 2.05) is 18.3 Å². The first-order chi connectivity index (χ1) is 6.31. The smallest absolute Gasteiger partial charge is 0.128 e. The Kier molecular flexibility index (Phi) is 2.36. The number of fused-ring (bicyclic) bond motifs is 1. The van der Waals surface area contributed by atoms with Crippen LogP contribution in [0.3, 0.4) is 0 Å². The Hall–Kier alpha value is -0.830. The lowest BCUT2D eigenvalue weighted by molar-refractivity contribution is 0.614. The van der Waals surface area contributed by atoms with Gasteiger partial charge in [-0.3, -0.25) is 0 Å². The van der Waals surface area contributed by atoms with E-state index in [4.69, 9.17) is 0 Å². The van der Waals surface area contributed by atoms with Gasteiger partial charge in [-0.2, -0.15) is 0 Å². The minimum atomic E-state index is -0.130. The molecule has 0 aliphatic heterocycles. The summed E-state index contributed by atoms with van der Waals surface area (Å²) >= 11 is 3.30. The first kappa shape index (κ1) is 8.75. The van der Waals surface area contributed by atoms with Crippen LogP contribution in [0.25, 0.3) is 10.9 Å². The lowest BCUT2D eigenvalue weighted by Crippen LogP contribution is -1.90. The standard InChI is InChI=1S/C10H9BrFN/c11-3-1-7-5-8-2-4-13-10(8)6-9(7)12/h2,4-6,13H,1,3H2. The van der Waals surface area contributed by atoms with Crippen LogP contribution in [0.1, 0.15) is 5.56 Å². The van der Waals surface area contributed by atoms with Crippen molar-refractivity contribution in [2.45, 2.75) is 6.42 Å². The molecule has 68 valence electrons. The van der Waals surface area contributed by atoms with Gasteiger partial charge in [-0.05, 0) is 35.6 Å². The minimum Gasteiger partial charge on any atom is -0.361 e. The second kappa shape index (κ2) is 3.50. The molecule has 0 unspecified atom stereocenters. The Balaban J connectivity index is 2.56. The monoisotopic (exact) mass is 241 g/mol. The molecule has 0 amide bonds. The average molecular weight is 242 g/mol. The van der Waals surface area contributed by atoms with E-state index >= 15 is 0 Å². The van der Waals surface area contributed by atoms with Gasteiger partial charge in [0.15, 0.2) is 0 Å². The van der Waals surface area contributed by atoms with E-state index in [2.05, 4.69) is 20.9 Å². The maximum Gasteiger partial charge on any atom is 0.128 e. The van der Waals surface area contributed by atoms with Crippen LogP contribution in [0.15, 0.2) is 24.4 Å². The number of hydrogen-bond acceptors (Lipinski definition) is 0. The predicted octanol–water partition coefficient (Wildman–Crippen LogP) is 3.24. The summed E-state index contributed by atoms with van der Waals surface area (Å²) in [5, 5.41) is 1.86. The predicted molar refractivity (Wildman–Crippen MR) is 55.8 cm³/mol. The van der Waals surface area contributed by atoms with Crippen molar-refractivity contribution in [3.63, 3.8) is 0 Å². The van der Waals surface area contributed by atoms with Crippen LogP contribution in [-0.4, -0.2) is 10.3 Å². The van der Waals surface area contributed by atoms with Crippen molar-refractivity contribution in [2.24, 2.45) is 0 Å². The van der Waals surface area contributed by atoms with Crippen molar-refractivity contribution in [1.29, 1.82) is 0 Å². The average Bonchev–Trinajstić information content (AvgIpc) is 2.52. The zero-order valence-electron chi connectivity index (χ0n) is 6.98. The third-order valence-electron chi connectivity index (χ3n) is 2.08. The quantitative estimate of drug-likeness (QED) is 0.778. The molecular weight excluding hydrogens is 233 g/mol. The number of rotatable bonds is 2. The molecule has 0 aliphatic carbocycles. The lowest BCUT2D eigenvalue weighted by atomic mass is 10.1. The summed E-state index contributed by atoms with van der Waals surface area (Å²) in [4.78, 5) is 2.98. The highest BCUT2D eigenvalue weighted by molar-refractivity contribution is 9.09. The fourth-order valence-electron chi connectivity index (χ4n) is 1.41. The molecule has 1 N–H and O–H groups in total. The third-order valence-corrected chi connectivity index (χ3v) is 2.48. The molecule has 1 aromatic carbocycles. The van der Waals surface area contributed by atoms with Gasteiger partial charge in [-0.25, -0.2) is 4.39 Å². The molecule has 1 nitrogen and oxygen atoms in total. The SMILES string of the molecule is Fc1cc2[nH]ccc2cc1CCBr. The Morgan fingerprint density at radius 2 is 2.23 bits per heavy atom. The van der Waals surface area contributed by atoms with Crippen molar-refractivity contribution < 1.29 is 4.39 Å². The number of aryl methyl sites for hydroxylation is 1. The second-order valence-electron chi connectivity index (χ2n) is 2.95. The first-order valence-corrected chi connectivity index (χ1v) is 5.25. The maximum atomic E-state index is 13.3. The van der Waals surface area contributed by atoms with Gasteiger partial charge in [0.1, 0.15) is 5.82 Å². The summed E-state index contributed by atoms with van der Waals surface area (Å²) in [6.07, 6.45) is 2.55. The van der Waals surface area contributed by atoms with Crippen molar-refractivity contribution in [3.8, 4) is 0 Å². The molecule has 0 spiro atoms. The Morgan fingerprint density at radius 1 is 1.38 bits per heavy atom. The van der Waals surface area contributed by atoms with Crippen LogP contribution in [0.4, 0.5) is 4.39 Å². The van der Waals surface area contributed by atoms with Crippen LogP contribution >= 0.6 is 15.9 Å². The van der Waals surface area contributed by atoms with Crippen molar-refractivity contribution >= 4 is 26.8 Å². The number of aromatic amines is 1. The normalized spacial score (nSPS) is 10.9. The zero-order valence-corrected chi connectivity index (χ0v) is 8.57. The van der Waals surface area contributed by atoms with Crippen molar-refractivity contribution in [2.75, 3.05) is 5.33 Å². The molecule has 2 rings (SSSR count). The molecule has 0 saturated carbocycles. The fraction of sp³-hybridized carbons (Fsp3) is 0.200. The van der Waals surface area contributed by atoms with E-state index < -0.39 is 0 Å². The Labute approximate surface area is 84.1 Å². The molecule has 3 heteroatoms. The van der Waals surface area contributed by atoms with E-state index in [-0.39, 0.29) is 5.82 Å². The van der Waals surface area contributed by atoms with Gasteiger partial charge < -0.3 is 4.98 Å². The molecule has 0 saturated heterocycles. The Morgan fingerprint density at radius 3 is 3.00 bits per heavy atom. The summed E-state index contributed by atoms with van der Waals surface area (Å²) in [7, 11) is 0. The van der Waals surface area contributed by atoms with Crippen LogP contribution < -0.4 is 0 Å². The summed E-state index contributed by atoms with van der Waals surface area (Å²) in [6.45, 7) is 0. The number of nitrogens with one attached hydrogen (secondary N) is 1. The van der Waals surface area contributed by atoms with Crippen LogP contribution in [-0.2, 0) is 6.42 Å². The highest BCUT2D eigenvalue weighted by Crippen LogP contribution is 2.18. The fourth-order valence-corrected chi connectivity index (χ4v) is 1.84. The van der Waals surface area contributed by atoms with E-state index in [1.54, 1.807) is 6.07 Å². The molecule has 0 bridgehead atoms. The van der Waals surface area contributed by atoms with E-state index in [9.17, 15) is 4.39 Å². The Bertz CT molecular complexity index is 422. The highest BCUT2D eigenvalue weighted by atomic mass is 79.9. The number of alkyl halides is 1. The summed E-state index contributed by atoms with van der Waals surface area (Å²) in [5.41, 5.74) is 1.62. The molecule has 2 aromatic rings. The van der Waals surface area contributed by atoms with E-state index in [0.29, 0.717) is 0 Å². The van der Waals surface area contributed by atoms with Gasteiger partial charge in [0, 0.05) is 17.0 Å². The van der Waals surface area contributed by atoms with Gasteiger partial charge in [0.2, 0.25) is 0 Å². The second-order valence-corrected chi connectivity index (χ2v) is 3.74. The van der Waals surface area contributed by atoms with Crippen LogP contribution in [0.5, 0.6) is 0 Å². The van der Waals surface area contributed by atoms with Crippen molar-refractivity contribution in [3.05, 3.63) is 35.8 Å². The van der Waals surface area contributed by atoms with Crippen LogP contribution in [0, 0.1) is 5.82 Å². The molecule has 0 radical (unpaired) electrons. The molecule has 13 heavy (non-hydrogen) atoms. The topological polar surface area (TPSA) is 15.8 Å². The number of halogens is 2. The molecule has 0 atom stereocenters. The van der Waals surface area contributed by atoms with E-state index in [0.717, 1.165) is 28.2 Å². The van der Waals surface area contributed by atoms with Gasteiger partial charge >= 0.3 is 0 Å². The summed E-state index contributed by atoms with van der Waals surface area (Å²) < 4.78 is 13.3. The number of aromatic nitrogens is 1. The molecule has 0 fully saturated rings. The number of hydrogen-bond donors (Lipinski definition) is 1. The highest BCUT2D eigenvalue weighted by Gasteiger charge is 2.04. The molecule has 1 heterocycles. The zero-order chi connectivity index (χ0) is 9.26. The molecule has 0 aliphatic rings. The number of benzene rings is 1. The van der Waals surface area contributed by atoms with Gasteiger partial charge in [-0.15, -0.1) is 0 Å². The van der Waals surface area contributed by atoms with Gasteiger partial charge in [0.05, 0.1) is 0 Å². The summed E-state index contributed by atoms with van der Waals surface area (Å²) in [5.74, 6) is -0.130. The molecular formula is C10H9BrFN. The minimum absolute atomic E-state index is 0.130. The lowest BCUT2D eigenvalue weighted by Gasteiger charge is -2.00. The van der Waals surface area contributed by atoms with Crippen LogP contribution in [0.2, 0.25) is 0 Å². The van der Waals surface area contributed by atoms with E-state index in [1.165, 1.54) is 0 Å². The maximum absolute atomic E-state index is 13.3. The van der Waals surface area contributed by atoms with Gasteiger partial charge in [-0.1, -0.05) is 15.9 Å². The van der Waals surface area contributed by atoms with Crippen molar-refractivity contribution in [1.82, 2.24) is 4.98 Å². The molecule has 1 aromatic heterocycles. The third kappa shape index (κ3) is 1.61. The largest absolute Gasteiger partial charge is 0.361 e. The number of H-pyrrole nitrogens is 1. The summed E-state index contributed by atoms with van der Waals surface area (Å²) in [6, 6.07) is 5.39. The first-order valence-electron chi connectivity index (χ1n) is 4.13. The van der Waals surface area contributed by atoms with Gasteiger partial charge in [0.25, 0.3) is 0 Å².